The Balaban J connectivity index is 2.00. The lowest BCUT2D eigenvalue weighted by molar-refractivity contribution is -0.0441. The predicted octanol–water partition coefficient (Wildman–Crippen LogP) is 4.28. The molecule has 4 nitrogen and oxygen atoms in total. The van der Waals surface area contributed by atoms with Gasteiger partial charge in [-0.1, -0.05) is 29.4 Å². The Hall–Kier alpha value is -2.17. The molecule has 1 aliphatic heterocycles. The second-order valence-electron chi connectivity index (χ2n) is 5.68. The van der Waals surface area contributed by atoms with E-state index >= 15 is 0 Å². The van der Waals surface area contributed by atoms with Gasteiger partial charge in [0.25, 0.3) is 0 Å². The Labute approximate surface area is 136 Å². The summed E-state index contributed by atoms with van der Waals surface area (Å²) in [5, 5.41) is 3.98. The minimum Gasteiger partial charge on any atom is -0.356 e. The predicted molar refractivity (Wildman–Crippen MR) is 89.5 cm³/mol. The highest BCUT2D eigenvalue weighted by molar-refractivity contribution is 5.78. The Morgan fingerprint density at radius 3 is 2.74 bits per heavy atom. The molecule has 0 N–H and O–H groups in total. The molecule has 23 heavy (non-hydrogen) atoms. The quantitative estimate of drug-likeness (QED) is 0.625. The number of rotatable bonds is 4. The molecule has 1 radical (unpaired) electrons. The van der Waals surface area contributed by atoms with Crippen LogP contribution in [0.4, 0.5) is 0 Å². The molecule has 0 aliphatic carbocycles. The Morgan fingerprint density at radius 2 is 2.00 bits per heavy atom. The molecular formula is C19H20NO3. The third-order valence-electron chi connectivity index (χ3n) is 3.59. The smallest absolute Gasteiger partial charge is 0.184 e. The highest BCUT2D eigenvalue weighted by Gasteiger charge is 2.23. The summed E-state index contributed by atoms with van der Waals surface area (Å²) in [5.41, 5.74) is 5.17. The SMILES string of the molecule is CC(C)=NOc1[c]ccc(-c2cccc(C)c2C2OCCO2)c1. The zero-order chi connectivity index (χ0) is 16.2. The standard InChI is InChI=1S/C19H20NO3/c1-13(2)20-23-16-8-5-7-15(12-16)17-9-4-6-14(3)18(17)19-21-10-11-22-19/h4-7,9,12,19H,10-11H2,1-3H3. The van der Waals surface area contributed by atoms with E-state index in [-0.39, 0.29) is 6.29 Å². The first-order chi connectivity index (χ1) is 11.1. The lowest BCUT2D eigenvalue weighted by Gasteiger charge is -2.17. The van der Waals surface area contributed by atoms with Gasteiger partial charge in [-0.3, -0.25) is 0 Å². The summed E-state index contributed by atoms with van der Waals surface area (Å²) in [6, 6.07) is 15.0. The minimum absolute atomic E-state index is 0.310. The van der Waals surface area contributed by atoms with Gasteiger partial charge in [0.05, 0.1) is 18.9 Å². The first-order valence-corrected chi connectivity index (χ1v) is 7.68. The molecule has 0 bridgehead atoms. The number of hydrogen-bond acceptors (Lipinski definition) is 4. The van der Waals surface area contributed by atoms with E-state index in [0.717, 1.165) is 28.0 Å². The van der Waals surface area contributed by atoms with E-state index in [1.807, 2.05) is 38.1 Å². The lowest BCUT2D eigenvalue weighted by atomic mass is 9.95. The first kappa shape index (κ1) is 15.7. The van der Waals surface area contributed by atoms with Crippen molar-refractivity contribution in [2.24, 2.45) is 5.16 Å². The van der Waals surface area contributed by atoms with Gasteiger partial charge < -0.3 is 14.3 Å². The van der Waals surface area contributed by atoms with Gasteiger partial charge in [-0.05, 0) is 49.6 Å². The van der Waals surface area contributed by atoms with Crippen LogP contribution in [0.1, 0.15) is 31.3 Å². The number of nitrogens with zero attached hydrogens (tertiary/aromatic N) is 1. The van der Waals surface area contributed by atoms with Crippen molar-refractivity contribution in [2.45, 2.75) is 27.1 Å². The molecule has 0 unspecified atom stereocenters. The van der Waals surface area contributed by atoms with E-state index in [9.17, 15) is 0 Å². The van der Waals surface area contributed by atoms with Gasteiger partial charge in [-0.25, -0.2) is 0 Å². The van der Waals surface area contributed by atoms with Crippen molar-refractivity contribution in [1.82, 2.24) is 0 Å². The van der Waals surface area contributed by atoms with Crippen LogP contribution in [0.5, 0.6) is 5.75 Å². The van der Waals surface area contributed by atoms with Crippen molar-refractivity contribution < 1.29 is 14.3 Å². The van der Waals surface area contributed by atoms with Crippen LogP contribution in [0.2, 0.25) is 0 Å². The van der Waals surface area contributed by atoms with Crippen molar-refractivity contribution in [2.75, 3.05) is 13.2 Å². The molecule has 4 heteroatoms. The molecule has 0 aromatic heterocycles. The van der Waals surface area contributed by atoms with Crippen LogP contribution in [0.25, 0.3) is 11.1 Å². The van der Waals surface area contributed by atoms with Gasteiger partial charge in [0.15, 0.2) is 12.0 Å². The second-order valence-corrected chi connectivity index (χ2v) is 5.68. The molecule has 0 atom stereocenters. The van der Waals surface area contributed by atoms with Gasteiger partial charge in [0.2, 0.25) is 0 Å². The van der Waals surface area contributed by atoms with Gasteiger partial charge >= 0.3 is 0 Å². The zero-order valence-corrected chi connectivity index (χ0v) is 13.6. The fourth-order valence-corrected chi connectivity index (χ4v) is 2.58. The zero-order valence-electron chi connectivity index (χ0n) is 13.6. The molecule has 119 valence electrons. The van der Waals surface area contributed by atoms with Crippen molar-refractivity contribution >= 4 is 5.71 Å². The normalized spacial score (nSPS) is 14.7. The van der Waals surface area contributed by atoms with Crippen molar-refractivity contribution in [3.8, 4) is 16.9 Å². The molecule has 1 aliphatic rings. The van der Waals surface area contributed by atoms with Crippen LogP contribution in [0.15, 0.2) is 41.6 Å². The molecule has 2 aromatic carbocycles. The summed E-state index contributed by atoms with van der Waals surface area (Å²) >= 11 is 0. The Morgan fingerprint density at radius 1 is 1.22 bits per heavy atom. The van der Waals surface area contributed by atoms with Crippen LogP contribution in [0.3, 0.4) is 0 Å². The van der Waals surface area contributed by atoms with Gasteiger partial charge in [0.1, 0.15) is 0 Å². The highest BCUT2D eigenvalue weighted by atomic mass is 16.7. The molecule has 1 heterocycles. The molecule has 0 amide bonds. The summed E-state index contributed by atoms with van der Waals surface area (Å²) < 4.78 is 11.4. The van der Waals surface area contributed by atoms with Crippen LogP contribution >= 0.6 is 0 Å². The monoisotopic (exact) mass is 310 g/mol. The van der Waals surface area contributed by atoms with Crippen LogP contribution < -0.4 is 4.84 Å². The molecule has 0 saturated carbocycles. The van der Waals surface area contributed by atoms with E-state index in [4.69, 9.17) is 14.3 Å². The van der Waals surface area contributed by atoms with Gasteiger partial charge in [0, 0.05) is 11.6 Å². The number of aryl methyl sites for hydroxylation is 1. The van der Waals surface area contributed by atoms with Crippen molar-refractivity contribution in [1.29, 1.82) is 0 Å². The van der Waals surface area contributed by atoms with Gasteiger partial charge in [-0.15, -0.1) is 0 Å². The number of ether oxygens (including phenoxy) is 2. The van der Waals surface area contributed by atoms with E-state index in [0.29, 0.717) is 19.0 Å². The maximum atomic E-state index is 5.71. The van der Waals surface area contributed by atoms with E-state index < -0.39 is 0 Å². The van der Waals surface area contributed by atoms with Crippen LogP contribution in [-0.4, -0.2) is 18.9 Å². The first-order valence-electron chi connectivity index (χ1n) is 7.68. The topological polar surface area (TPSA) is 40.0 Å². The van der Waals surface area contributed by atoms with Crippen LogP contribution in [0, 0.1) is 13.0 Å². The second kappa shape index (κ2) is 6.94. The Kier molecular flexibility index (Phi) is 4.74. The van der Waals surface area contributed by atoms with E-state index in [1.54, 1.807) is 0 Å². The van der Waals surface area contributed by atoms with Crippen LogP contribution in [-0.2, 0) is 9.47 Å². The highest BCUT2D eigenvalue weighted by Crippen LogP contribution is 2.36. The fourth-order valence-electron chi connectivity index (χ4n) is 2.58. The summed E-state index contributed by atoms with van der Waals surface area (Å²) in [7, 11) is 0. The summed E-state index contributed by atoms with van der Waals surface area (Å²) in [6.07, 6.45) is -0.310. The average molecular weight is 310 g/mol. The number of oxime groups is 1. The molecule has 1 saturated heterocycles. The minimum atomic E-state index is -0.310. The molecule has 1 fully saturated rings. The number of hydrogen-bond donors (Lipinski definition) is 0. The van der Waals surface area contributed by atoms with E-state index in [1.165, 1.54) is 0 Å². The molecule has 0 spiro atoms. The Bertz CT molecular complexity index is 714. The average Bonchev–Trinajstić information content (AvgIpc) is 3.07. The molecule has 3 rings (SSSR count). The molecule has 2 aromatic rings. The summed E-state index contributed by atoms with van der Waals surface area (Å²) in [6.45, 7) is 7.09. The molecular weight excluding hydrogens is 290 g/mol. The fraction of sp³-hybridized carbons (Fsp3) is 0.316. The van der Waals surface area contributed by atoms with E-state index in [2.05, 4.69) is 30.3 Å². The van der Waals surface area contributed by atoms with Gasteiger partial charge in [-0.2, -0.15) is 0 Å². The lowest BCUT2D eigenvalue weighted by Crippen LogP contribution is -2.03. The van der Waals surface area contributed by atoms with Crippen molar-refractivity contribution in [3.05, 3.63) is 53.6 Å². The maximum Gasteiger partial charge on any atom is 0.184 e. The summed E-state index contributed by atoms with van der Waals surface area (Å²) in [4.78, 5) is 5.40. The third kappa shape index (κ3) is 3.60. The van der Waals surface area contributed by atoms with Crippen molar-refractivity contribution in [3.63, 3.8) is 0 Å². The number of benzene rings is 2. The summed E-state index contributed by atoms with van der Waals surface area (Å²) in [5.74, 6) is 0.587. The third-order valence-corrected chi connectivity index (χ3v) is 3.59. The largest absolute Gasteiger partial charge is 0.356 e. The maximum absolute atomic E-state index is 5.71.